The molecule has 0 aromatic carbocycles. The zero-order chi connectivity index (χ0) is 17.6. The topological polar surface area (TPSA) is 63.2 Å². The molecular formula is C19H27N5O. The van der Waals surface area contributed by atoms with Gasteiger partial charge in [0.25, 0.3) is 0 Å². The van der Waals surface area contributed by atoms with Crippen LogP contribution in [-0.4, -0.2) is 52.7 Å². The van der Waals surface area contributed by atoms with E-state index >= 15 is 0 Å². The number of pyridine rings is 1. The number of nitrogens with zero attached hydrogens (tertiary/aromatic N) is 4. The summed E-state index contributed by atoms with van der Waals surface area (Å²) in [5.74, 6) is 2.08. The van der Waals surface area contributed by atoms with Gasteiger partial charge in [-0.1, -0.05) is 19.9 Å². The van der Waals surface area contributed by atoms with Gasteiger partial charge in [-0.25, -0.2) is 9.97 Å². The lowest BCUT2D eigenvalue weighted by atomic mass is 10.1. The second-order valence-corrected chi connectivity index (χ2v) is 6.71. The molecule has 3 rings (SSSR count). The van der Waals surface area contributed by atoms with Gasteiger partial charge in [0, 0.05) is 43.8 Å². The molecule has 6 heteroatoms. The van der Waals surface area contributed by atoms with Crippen LogP contribution in [0.25, 0.3) is 0 Å². The van der Waals surface area contributed by atoms with Crippen molar-refractivity contribution in [2.45, 2.75) is 32.7 Å². The largest absolute Gasteiger partial charge is 0.379 e. The fourth-order valence-electron chi connectivity index (χ4n) is 3.10. The van der Waals surface area contributed by atoms with Gasteiger partial charge in [0.15, 0.2) is 0 Å². The monoisotopic (exact) mass is 341 g/mol. The highest BCUT2D eigenvalue weighted by Crippen LogP contribution is 2.22. The number of rotatable bonds is 6. The third-order valence-corrected chi connectivity index (χ3v) is 4.48. The second-order valence-electron chi connectivity index (χ2n) is 6.71. The zero-order valence-corrected chi connectivity index (χ0v) is 15.3. The van der Waals surface area contributed by atoms with Crippen molar-refractivity contribution in [1.29, 1.82) is 0 Å². The normalized spacial score (nSPS) is 16.8. The minimum absolute atomic E-state index is 0.246. The fourth-order valence-corrected chi connectivity index (χ4v) is 3.10. The first-order valence-electron chi connectivity index (χ1n) is 8.94. The predicted octanol–water partition coefficient (Wildman–Crippen LogP) is 2.79. The van der Waals surface area contributed by atoms with Crippen LogP contribution in [-0.2, 0) is 4.74 Å². The Bertz CT molecular complexity index is 671. The molecule has 1 saturated heterocycles. The number of hydrogen-bond donors (Lipinski definition) is 1. The molecule has 0 radical (unpaired) electrons. The van der Waals surface area contributed by atoms with E-state index in [0.717, 1.165) is 50.2 Å². The SMILES string of the molecule is Cc1nc(NC[C@H](c2cccnc2)N2CCOCC2)cc(C(C)C)n1. The molecule has 134 valence electrons. The van der Waals surface area contributed by atoms with E-state index in [-0.39, 0.29) is 6.04 Å². The molecule has 1 atom stereocenters. The highest BCUT2D eigenvalue weighted by molar-refractivity contribution is 5.37. The van der Waals surface area contributed by atoms with Crippen molar-refractivity contribution in [2.24, 2.45) is 0 Å². The number of hydrogen-bond acceptors (Lipinski definition) is 6. The summed E-state index contributed by atoms with van der Waals surface area (Å²) in [4.78, 5) is 15.8. The maximum atomic E-state index is 5.51. The number of aromatic nitrogens is 3. The molecule has 0 aliphatic carbocycles. The summed E-state index contributed by atoms with van der Waals surface area (Å²) in [7, 11) is 0. The summed E-state index contributed by atoms with van der Waals surface area (Å²) in [5, 5.41) is 3.52. The van der Waals surface area contributed by atoms with Crippen LogP contribution in [0.1, 0.15) is 42.9 Å². The van der Waals surface area contributed by atoms with E-state index in [1.54, 1.807) is 0 Å². The number of nitrogens with one attached hydrogen (secondary N) is 1. The van der Waals surface area contributed by atoms with Crippen molar-refractivity contribution in [2.75, 3.05) is 38.2 Å². The van der Waals surface area contributed by atoms with Gasteiger partial charge in [0.1, 0.15) is 11.6 Å². The molecule has 6 nitrogen and oxygen atoms in total. The summed E-state index contributed by atoms with van der Waals surface area (Å²) in [6.07, 6.45) is 3.77. The third kappa shape index (κ3) is 4.74. The molecule has 0 unspecified atom stereocenters. The molecule has 3 heterocycles. The first kappa shape index (κ1) is 17.8. The van der Waals surface area contributed by atoms with Crippen LogP contribution in [0.15, 0.2) is 30.6 Å². The van der Waals surface area contributed by atoms with Crippen molar-refractivity contribution in [3.8, 4) is 0 Å². The van der Waals surface area contributed by atoms with E-state index in [0.29, 0.717) is 5.92 Å². The Balaban J connectivity index is 1.76. The van der Waals surface area contributed by atoms with Gasteiger partial charge in [0.05, 0.1) is 19.3 Å². The van der Waals surface area contributed by atoms with Gasteiger partial charge >= 0.3 is 0 Å². The molecule has 2 aromatic heterocycles. The Morgan fingerprint density at radius 1 is 1.24 bits per heavy atom. The van der Waals surface area contributed by atoms with Crippen LogP contribution < -0.4 is 5.32 Å². The van der Waals surface area contributed by atoms with E-state index in [2.05, 4.69) is 51.1 Å². The van der Waals surface area contributed by atoms with Crippen LogP contribution in [0.3, 0.4) is 0 Å². The molecule has 0 spiro atoms. The molecular weight excluding hydrogens is 314 g/mol. The summed E-state index contributed by atoms with van der Waals surface area (Å²) in [5.41, 5.74) is 2.28. The van der Waals surface area contributed by atoms with E-state index in [1.165, 1.54) is 5.56 Å². The quantitative estimate of drug-likeness (QED) is 0.872. The second kappa shape index (κ2) is 8.36. The summed E-state index contributed by atoms with van der Waals surface area (Å²) in [6.45, 7) is 10.4. The lowest BCUT2D eigenvalue weighted by molar-refractivity contribution is 0.0186. The number of morpholine rings is 1. The molecule has 0 amide bonds. The van der Waals surface area contributed by atoms with Gasteiger partial charge in [0.2, 0.25) is 0 Å². The molecule has 1 aliphatic heterocycles. The Labute approximate surface area is 149 Å². The van der Waals surface area contributed by atoms with E-state index in [1.807, 2.05) is 25.4 Å². The highest BCUT2D eigenvalue weighted by atomic mass is 16.5. The molecule has 1 fully saturated rings. The molecule has 2 aromatic rings. The Morgan fingerprint density at radius 2 is 2.04 bits per heavy atom. The Morgan fingerprint density at radius 3 is 2.72 bits per heavy atom. The summed E-state index contributed by atoms with van der Waals surface area (Å²) < 4.78 is 5.51. The van der Waals surface area contributed by atoms with Gasteiger partial charge in [-0.05, 0) is 24.5 Å². The Kier molecular flexibility index (Phi) is 5.94. The average Bonchev–Trinajstić information content (AvgIpc) is 2.63. The van der Waals surface area contributed by atoms with Crippen molar-refractivity contribution in [3.63, 3.8) is 0 Å². The highest BCUT2D eigenvalue weighted by Gasteiger charge is 2.23. The maximum absolute atomic E-state index is 5.51. The zero-order valence-electron chi connectivity index (χ0n) is 15.3. The van der Waals surface area contributed by atoms with Crippen LogP contribution in [0, 0.1) is 6.92 Å². The fraction of sp³-hybridized carbons (Fsp3) is 0.526. The summed E-state index contributed by atoms with van der Waals surface area (Å²) >= 11 is 0. The number of anilines is 1. The summed E-state index contributed by atoms with van der Waals surface area (Å²) in [6, 6.07) is 6.43. The molecule has 0 bridgehead atoms. The van der Waals surface area contributed by atoms with Crippen LogP contribution in [0.5, 0.6) is 0 Å². The smallest absolute Gasteiger partial charge is 0.130 e. The lowest BCUT2D eigenvalue weighted by Gasteiger charge is -2.34. The van der Waals surface area contributed by atoms with Crippen molar-refractivity contribution in [1.82, 2.24) is 19.9 Å². The molecule has 1 aliphatic rings. The Hall–Kier alpha value is -2.05. The van der Waals surface area contributed by atoms with E-state index < -0.39 is 0 Å². The molecule has 25 heavy (non-hydrogen) atoms. The van der Waals surface area contributed by atoms with Crippen LogP contribution in [0.2, 0.25) is 0 Å². The van der Waals surface area contributed by atoms with Crippen molar-refractivity contribution < 1.29 is 4.74 Å². The van der Waals surface area contributed by atoms with Gasteiger partial charge in [-0.15, -0.1) is 0 Å². The minimum atomic E-state index is 0.246. The van der Waals surface area contributed by atoms with Crippen LogP contribution >= 0.6 is 0 Å². The van der Waals surface area contributed by atoms with Gasteiger partial charge in [-0.2, -0.15) is 0 Å². The first-order chi connectivity index (χ1) is 12.1. The minimum Gasteiger partial charge on any atom is -0.379 e. The first-order valence-corrected chi connectivity index (χ1v) is 8.94. The van der Waals surface area contributed by atoms with Gasteiger partial charge < -0.3 is 10.1 Å². The number of ether oxygens (including phenoxy) is 1. The number of aryl methyl sites for hydroxylation is 1. The average molecular weight is 341 g/mol. The lowest BCUT2D eigenvalue weighted by Crippen LogP contribution is -2.41. The van der Waals surface area contributed by atoms with Gasteiger partial charge in [-0.3, -0.25) is 9.88 Å². The maximum Gasteiger partial charge on any atom is 0.130 e. The molecule has 0 saturated carbocycles. The predicted molar refractivity (Wildman–Crippen MR) is 98.7 cm³/mol. The van der Waals surface area contributed by atoms with Crippen molar-refractivity contribution in [3.05, 3.63) is 47.7 Å². The van der Waals surface area contributed by atoms with E-state index in [9.17, 15) is 0 Å². The van der Waals surface area contributed by atoms with E-state index in [4.69, 9.17) is 4.74 Å². The third-order valence-electron chi connectivity index (χ3n) is 4.48. The van der Waals surface area contributed by atoms with Crippen LogP contribution in [0.4, 0.5) is 5.82 Å². The standard InChI is InChI=1S/C19H27N5O/c1-14(2)17-11-19(23-15(3)22-17)21-13-18(16-5-4-6-20-12-16)24-7-9-25-10-8-24/h4-6,11-12,14,18H,7-10,13H2,1-3H3,(H,21,22,23)/t18-/m1/s1. The molecule has 1 N–H and O–H groups in total. The van der Waals surface area contributed by atoms with Crippen molar-refractivity contribution >= 4 is 5.82 Å².